The highest BCUT2D eigenvalue weighted by Crippen LogP contribution is 2.26. The summed E-state index contributed by atoms with van der Waals surface area (Å²) in [6.07, 6.45) is 57.8. The number of ether oxygens (including phenoxy) is 4. The standard InChI is InChI=1S/C59H102O12S/c1-3-5-7-9-11-13-15-17-19-21-23-25-26-27-28-29-30-32-34-36-38-40-42-44-46-48-55(61)69-53(52-68-59-57(63)58(71-72(64,65)66)56(62)54(50-60)70-59)51-67-49-47-45-43-41-39-37-35-33-31-24-22-20-18-16-14-12-10-8-6-4-2/h6,8,12,14,18,20-21,23-24,31,35,37,41,43,53-54,56-60,62-63H,3-5,7,9-11,13,15-17,19,22,25-30,32-34,36,38-40,42,44-52H2,1-2H3,(H,64,65,66)/b8-6-,14-12-,20-18-,23-21-,31-24-,37-35-,43-41-. The van der Waals surface area contributed by atoms with Gasteiger partial charge in [0.25, 0.3) is 0 Å². The number of esters is 1. The first-order valence-corrected chi connectivity index (χ1v) is 29.7. The third-order valence-electron chi connectivity index (χ3n) is 12.5. The van der Waals surface area contributed by atoms with Crippen LogP contribution in [0.4, 0.5) is 0 Å². The Labute approximate surface area is 438 Å². The molecule has 0 aromatic heterocycles. The molecule has 12 nitrogen and oxygen atoms in total. The van der Waals surface area contributed by atoms with Gasteiger partial charge >= 0.3 is 16.4 Å². The van der Waals surface area contributed by atoms with Crippen LogP contribution in [0.25, 0.3) is 0 Å². The molecule has 1 rings (SSSR count). The van der Waals surface area contributed by atoms with Crippen molar-refractivity contribution < 1.29 is 56.2 Å². The van der Waals surface area contributed by atoms with Crippen LogP contribution in [0.15, 0.2) is 85.1 Å². The second-order valence-electron chi connectivity index (χ2n) is 19.1. The molecule has 4 N–H and O–H groups in total. The summed E-state index contributed by atoms with van der Waals surface area (Å²) in [6.45, 7) is 3.74. The molecule has 416 valence electrons. The highest BCUT2D eigenvalue weighted by Gasteiger charge is 2.48. The maximum atomic E-state index is 13.0. The minimum absolute atomic E-state index is 0.00756. The van der Waals surface area contributed by atoms with Crippen molar-refractivity contribution in [3.05, 3.63) is 85.1 Å². The molecule has 0 aromatic rings. The van der Waals surface area contributed by atoms with Crippen molar-refractivity contribution in [3.63, 3.8) is 0 Å². The lowest BCUT2D eigenvalue weighted by Gasteiger charge is -2.41. The van der Waals surface area contributed by atoms with E-state index in [0.29, 0.717) is 13.0 Å². The quantitative estimate of drug-likeness (QED) is 0.0196. The lowest BCUT2D eigenvalue weighted by Crippen LogP contribution is -2.60. The van der Waals surface area contributed by atoms with Crippen LogP contribution in [0.1, 0.15) is 219 Å². The zero-order chi connectivity index (χ0) is 52.4. The van der Waals surface area contributed by atoms with Gasteiger partial charge in [-0.15, -0.1) is 0 Å². The largest absolute Gasteiger partial charge is 0.457 e. The van der Waals surface area contributed by atoms with Gasteiger partial charge in [0.1, 0.15) is 30.5 Å². The molecule has 0 aliphatic carbocycles. The average Bonchev–Trinajstić information content (AvgIpc) is 3.36. The van der Waals surface area contributed by atoms with Crippen LogP contribution in [0.2, 0.25) is 0 Å². The van der Waals surface area contributed by atoms with Crippen LogP contribution in [0.3, 0.4) is 0 Å². The first kappa shape index (κ1) is 67.3. The fourth-order valence-corrected chi connectivity index (χ4v) is 8.78. The summed E-state index contributed by atoms with van der Waals surface area (Å²) in [7, 11) is -5.08. The number of aliphatic hydroxyl groups excluding tert-OH is 3. The van der Waals surface area contributed by atoms with Crippen LogP contribution in [-0.4, -0.2) is 97.5 Å². The fourth-order valence-electron chi connectivity index (χ4n) is 8.27. The summed E-state index contributed by atoms with van der Waals surface area (Å²) in [5.74, 6) is -0.419. The third-order valence-corrected chi connectivity index (χ3v) is 13.0. The minimum Gasteiger partial charge on any atom is -0.457 e. The van der Waals surface area contributed by atoms with Crippen molar-refractivity contribution in [2.24, 2.45) is 0 Å². The lowest BCUT2D eigenvalue weighted by molar-refractivity contribution is -0.301. The lowest BCUT2D eigenvalue weighted by atomic mass is 9.99. The Balaban J connectivity index is 2.34. The van der Waals surface area contributed by atoms with Crippen molar-refractivity contribution in [1.29, 1.82) is 0 Å². The molecule has 0 bridgehead atoms. The Morgan fingerprint density at radius 1 is 0.542 bits per heavy atom. The topological polar surface area (TPSA) is 178 Å². The first-order chi connectivity index (χ1) is 35.1. The minimum atomic E-state index is -5.08. The van der Waals surface area contributed by atoms with Crippen LogP contribution in [0.5, 0.6) is 0 Å². The summed E-state index contributed by atoms with van der Waals surface area (Å²) >= 11 is 0. The molecule has 1 saturated heterocycles. The zero-order valence-corrected chi connectivity index (χ0v) is 45.8. The van der Waals surface area contributed by atoms with E-state index >= 15 is 0 Å². The van der Waals surface area contributed by atoms with Crippen molar-refractivity contribution in [2.45, 2.75) is 256 Å². The molecule has 1 aliphatic rings. The van der Waals surface area contributed by atoms with Gasteiger partial charge in [-0.1, -0.05) is 214 Å². The highest BCUT2D eigenvalue weighted by atomic mass is 32.3. The molecule has 1 fully saturated rings. The van der Waals surface area contributed by atoms with Gasteiger partial charge in [0.2, 0.25) is 0 Å². The molecule has 1 heterocycles. The monoisotopic (exact) mass is 1030 g/mol. The highest BCUT2D eigenvalue weighted by molar-refractivity contribution is 7.80. The number of carbonyl (C=O) groups is 1. The Hall–Kier alpha value is -2.72. The molecule has 0 amide bonds. The average molecular weight is 1040 g/mol. The molecule has 0 aromatic carbocycles. The molecule has 0 saturated carbocycles. The SMILES string of the molecule is CC/C=C\C/C=C\C/C=C\C/C=C\C/C=C\C/C=C\CCCOCC(COC1OC(CO)C(O)C(OS(=O)(=O)O)C1O)OC(=O)CCCCCCCCCCCCCCC/C=C\CCCCCCCCCC. The summed E-state index contributed by atoms with van der Waals surface area (Å²) < 4.78 is 59.3. The van der Waals surface area contributed by atoms with Gasteiger partial charge in [-0.2, -0.15) is 8.42 Å². The Morgan fingerprint density at radius 2 is 0.958 bits per heavy atom. The molecule has 6 atom stereocenters. The van der Waals surface area contributed by atoms with E-state index in [4.69, 9.17) is 18.9 Å². The van der Waals surface area contributed by atoms with Gasteiger partial charge in [-0.3, -0.25) is 9.35 Å². The number of carbonyl (C=O) groups excluding carboxylic acids is 1. The van der Waals surface area contributed by atoms with E-state index in [0.717, 1.165) is 70.6 Å². The van der Waals surface area contributed by atoms with E-state index in [2.05, 4.69) is 103 Å². The van der Waals surface area contributed by atoms with Crippen LogP contribution in [0, 0.1) is 0 Å². The molecule has 0 spiro atoms. The van der Waals surface area contributed by atoms with E-state index < -0.39 is 59.8 Å². The van der Waals surface area contributed by atoms with Crippen molar-refractivity contribution in [1.82, 2.24) is 0 Å². The molecule has 6 unspecified atom stereocenters. The summed E-state index contributed by atoms with van der Waals surface area (Å²) in [4.78, 5) is 13.0. The number of aliphatic hydroxyl groups is 3. The van der Waals surface area contributed by atoms with Crippen LogP contribution < -0.4 is 0 Å². The molecule has 13 heteroatoms. The summed E-state index contributed by atoms with van der Waals surface area (Å²) in [5.41, 5.74) is 0. The van der Waals surface area contributed by atoms with Gasteiger partial charge in [0.15, 0.2) is 6.29 Å². The molecule has 0 radical (unpaired) electrons. The van der Waals surface area contributed by atoms with E-state index in [-0.39, 0.29) is 19.6 Å². The predicted octanol–water partition coefficient (Wildman–Crippen LogP) is 14.0. The Bertz CT molecular complexity index is 1570. The van der Waals surface area contributed by atoms with Crippen LogP contribution >= 0.6 is 0 Å². The summed E-state index contributed by atoms with van der Waals surface area (Å²) in [5, 5.41) is 30.8. The molecular formula is C59H102O12S. The van der Waals surface area contributed by atoms with Gasteiger partial charge < -0.3 is 34.3 Å². The second-order valence-corrected chi connectivity index (χ2v) is 20.2. The van der Waals surface area contributed by atoms with E-state index in [1.807, 2.05) is 0 Å². The molecular weight excluding hydrogens is 933 g/mol. The number of unbranched alkanes of at least 4 members (excludes halogenated alkanes) is 22. The van der Waals surface area contributed by atoms with Gasteiger partial charge in [0.05, 0.1) is 19.8 Å². The van der Waals surface area contributed by atoms with E-state index in [9.17, 15) is 33.1 Å². The number of hydrogen-bond donors (Lipinski definition) is 4. The van der Waals surface area contributed by atoms with Gasteiger partial charge in [-0.05, 0) is 83.5 Å². The zero-order valence-electron chi connectivity index (χ0n) is 45.0. The predicted molar refractivity (Wildman–Crippen MR) is 294 cm³/mol. The maximum Gasteiger partial charge on any atom is 0.397 e. The number of allylic oxidation sites excluding steroid dienone is 14. The Morgan fingerprint density at radius 3 is 1.42 bits per heavy atom. The molecule has 1 aliphatic heterocycles. The van der Waals surface area contributed by atoms with E-state index in [1.54, 1.807) is 0 Å². The number of rotatable bonds is 49. The molecule has 72 heavy (non-hydrogen) atoms. The maximum absolute atomic E-state index is 13.0. The van der Waals surface area contributed by atoms with Gasteiger partial charge in [0, 0.05) is 13.0 Å². The van der Waals surface area contributed by atoms with E-state index in [1.165, 1.54) is 122 Å². The second kappa shape index (κ2) is 49.2. The smallest absolute Gasteiger partial charge is 0.397 e. The van der Waals surface area contributed by atoms with Crippen molar-refractivity contribution in [2.75, 3.05) is 26.4 Å². The fraction of sp³-hybridized carbons (Fsp3) is 0.746. The van der Waals surface area contributed by atoms with Crippen molar-refractivity contribution in [3.8, 4) is 0 Å². The van der Waals surface area contributed by atoms with Crippen molar-refractivity contribution >= 4 is 16.4 Å². The first-order valence-electron chi connectivity index (χ1n) is 28.3. The Kier molecular flexibility index (Phi) is 46.0. The summed E-state index contributed by atoms with van der Waals surface area (Å²) in [6, 6.07) is 0. The van der Waals surface area contributed by atoms with Gasteiger partial charge in [-0.25, -0.2) is 4.18 Å². The third kappa shape index (κ3) is 41.6. The normalized spacial score (nSPS) is 19.6. The van der Waals surface area contributed by atoms with Crippen LogP contribution in [-0.2, 0) is 38.3 Å². The number of hydrogen-bond acceptors (Lipinski definition) is 11.